The number of rotatable bonds is 3. The molecule has 1 aromatic heterocycles. The molecule has 0 aliphatic heterocycles. The van der Waals surface area contributed by atoms with Gasteiger partial charge in [-0.3, -0.25) is 4.79 Å². The van der Waals surface area contributed by atoms with Gasteiger partial charge in [-0.25, -0.2) is 9.97 Å². The molecular formula is C12H17N3O2. The Morgan fingerprint density at radius 3 is 2.59 bits per heavy atom. The Labute approximate surface area is 100 Å². The van der Waals surface area contributed by atoms with E-state index in [1.807, 2.05) is 0 Å². The van der Waals surface area contributed by atoms with Crippen LogP contribution in [0, 0.1) is 0 Å². The molecule has 5 heteroatoms. The molecule has 1 fully saturated rings. The Morgan fingerprint density at radius 2 is 1.94 bits per heavy atom. The maximum Gasteiger partial charge on any atom is 0.254 e. The monoisotopic (exact) mass is 235 g/mol. The average Bonchev–Trinajstić information content (AvgIpc) is 2.38. The van der Waals surface area contributed by atoms with Gasteiger partial charge in [0.2, 0.25) is 0 Å². The highest BCUT2D eigenvalue weighted by atomic mass is 16.3. The second-order valence-electron chi connectivity index (χ2n) is 4.59. The lowest BCUT2D eigenvalue weighted by Gasteiger charge is -2.32. The molecule has 2 N–H and O–H groups in total. The molecule has 0 spiro atoms. The fourth-order valence-corrected chi connectivity index (χ4v) is 2.15. The fourth-order valence-electron chi connectivity index (χ4n) is 2.15. The van der Waals surface area contributed by atoms with Crippen molar-refractivity contribution >= 4 is 5.91 Å². The third-order valence-corrected chi connectivity index (χ3v) is 3.19. The summed E-state index contributed by atoms with van der Waals surface area (Å²) in [4.78, 5) is 19.3. The van der Waals surface area contributed by atoms with E-state index < -0.39 is 5.60 Å². The van der Waals surface area contributed by atoms with Gasteiger partial charge in [0.25, 0.3) is 5.91 Å². The lowest BCUT2D eigenvalue weighted by molar-refractivity contribution is 0.00525. The fraction of sp³-hybridized carbons (Fsp3) is 0.583. The Balaban J connectivity index is 1.87. The SMILES string of the molecule is O=C(NCC1(O)CCCCC1)c1cncnc1. The number of hydrogen-bond acceptors (Lipinski definition) is 4. The number of amides is 1. The summed E-state index contributed by atoms with van der Waals surface area (Å²) < 4.78 is 0. The first-order valence-electron chi connectivity index (χ1n) is 5.95. The number of nitrogens with one attached hydrogen (secondary N) is 1. The largest absolute Gasteiger partial charge is 0.388 e. The van der Waals surface area contributed by atoms with Crippen LogP contribution < -0.4 is 5.32 Å². The summed E-state index contributed by atoms with van der Waals surface area (Å²) in [7, 11) is 0. The van der Waals surface area contributed by atoms with E-state index in [0.717, 1.165) is 25.7 Å². The van der Waals surface area contributed by atoms with Crippen LogP contribution in [0.4, 0.5) is 0 Å². The normalized spacial score (nSPS) is 18.6. The van der Waals surface area contributed by atoms with Gasteiger partial charge in [-0.05, 0) is 12.8 Å². The maximum atomic E-state index is 11.7. The summed E-state index contributed by atoms with van der Waals surface area (Å²) in [5.41, 5.74) is -0.310. The zero-order valence-corrected chi connectivity index (χ0v) is 9.72. The number of aromatic nitrogens is 2. The summed E-state index contributed by atoms with van der Waals surface area (Å²) >= 11 is 0. The van der Waals surface area contributed by atoms with E-state index in [0.29, 0.717) is 12.1 Å². The molecule has 2 rings (SSSR count). The third-order valence-electron chi connectivity index (χ3n) is 3.19. The molecule has 0 unspecified atom stereocenters. The lowest BCUT2D eigenvalue weighted by Crippen LogP contribution is -2.44. The Kier molecular flexibility index (Phi) is 3.68. The van der Waals surface area contributed by atoms with Gasteiger partial charge in [0.1, 0.15) is 6.33 Å². The van der Waals surface area contributed by atoms with Gasteiger partial charge < -0.3 is 10.4 Å². The highest BCUT2D eigenvalue weighted by molar-refractivity contribution is 5.93. The van der Waals surface area contributed by atoms with E-state index in [-0.39, 0.29) is 5.91 Å². The zero-order valence-electron chi connectivity index (χ0n) is 9.72. The summed E-state index contributed by atoms with van der Waals surface area (Å²) in [6.45, 7) is 0.306. The van der Waals surface area contributed by atoms with Crippen LogP contribution in [0.5, 0.6) is 0 Å². The van der Waals surface area contributed by atoms with E-state index in [9.17, 15) is 9.90 Å². The highest BCUT2D eigenvalue weighted by Crippen LogP contribution is 2.27. The van der Waals surface area contributed by atoms with Crippen molar-refractivity contribution in [2.75, 3.05) is 6.54 Å². The molecule has 1 aliphatic carbocycles. The number of carbonyl (C=O) groups excluding carboxylic acids is 1. The van der Waals surface area contributed by atoms with Crippen molar-refractivity contribution in [1.29, 1.82) is 0 Å². The average molecular weight is 235 g/mol. The van der Waals surface area contributed by atoms with Crippen molar-refractivity contribution in [3.05, 3.63) is 24.3 Å². The second-order valence-corrected chi connectivity index (χ2v) is 4.59. The predicted octanol–water partition coefficient (Wildman–Crippen LogP) is 0.902. The van der Waals surface area contributed by atoms with Crippen LogP contribution in [-0.2, 0) is 0 Å². The van der Waals surface area contributed by atoms with Crippen molar-refractivity contribution in [3.63, 3.8) is 0 Å². The minimum absolute atomic E-state index is 0.232. The lowest BCUT2D eigenvalue weighted by atomic mass is 9.85. The van der Waals surface area contributed by atoms with E-state index in [4.69, 9.17) is 0 Å². The molecule has 1 heterocycles. The van der Waals surface area contributed by atoms with Gasteiger partial charge in [-0.2, -0.15) is 0 Å². The molecule has 1 amide bonds. The topological polar surface area (TPSA) is 75.1 Å². The molecular weight excluding hydrogens is 218 g/mol. The minimum atomic E-state index is -0.733. The van der Waals surface area contributed by atoms with E-state index in [1.165, 1.54) is 25.1 Å². The molecule has 5 nitrogen and oxygen atoms in total. The first kappa shape index (κ1) is 12.0. The van der Waals surface area contributed by atoms with Crippen LogP contribution in [0.2, 0.25) is 0 Å². The van der Waals surface area contributed by atoms with Crippen LogP contribution in [0.15, 0.2) is 18.7 Å². The van der Waals surface area contributed by atoms with Crippen molar-refractivity contribution in [2.24, 2.45) is 0 Å². The summed E-state index contributed by atoms with van der Waals surface area (Å²) in [5, 5.41) is 13.0. The first-order valence-corrected chi connectivity index (χ1v) is 5.95. The van der Waals surface area contributed by atoms with Gasteiger partial charge in [0.05, 0.1) is 11.2 Å². The Hall–Kier alpha value is -1.49. The number of aliphatic hydroxyl groups is 1. The number of hydrogen-bond donors (Lipinski definition) is 2. The molecule has 1 aromatic rings. The molecule has 0 radical (unpaired) electrons. The molecule has 0 aromatic carbocycles. The van der Waals surface area contributed by atoms with Crippen LogP contribution in [-0.4, -0.2) is 33.1 Å². The molecule has 0 saturated heterocycles. The summed E-state index contributed by atoms with van der Waals surface area (Å²) in [5.74, 6) is -0.232. The van der Waals surface area contributed by atoms with E-state index in [2.05, 4.69) is 15.3 Å². The summed E-state index contributed by atoms with van der Waals surface area (Å²) in [6, 6.07) is 0. The molecule has 92 valence electrons. The minimum Gasteiger partial charge on any atom is -0.388 e. The first-order chi connectivity index (χ1) is 8.20. The maximum absolute atomic E-state index is 11.7. The van der Waals surface area contributed by atoms with Gasteiger partial charge in [0.15, 0.2) is 0 Å². The van der Waals surface area contributed by atoms with E-state index in [1.54, 1.807) is 0 Å². The van der Waals surface area contributed by atoms with Gasteiger partial charge in [-0.1, -0.05) is 19.3 Å². The molecule has 0 bridgehead atoms. The van der Waals surface area contributed by atoms with Crippen molar-refractivity contribution in [3.8, 4) is 0 Å². The van der Waals surface area contributed by atoms with Crippen molar-refractivity contribution in [2.45, 2.75) is 37.7 Å². The van der Waals surface area contributed by atoms with Crippen LogP contribution in [0.1, 0.15) is 42.5 Å². The third kappa shape index (κ3) is 3.23. The Morgan fingerprint density at radius 1 is 1.29 bits per heavy atom. The number of carbonyl (C=O) groups is 1. The zero-order chi connectivity index (χ0) is 12.1. The van der Waals surface area contributed by atoms with Crippen LogP contribution >= 0.6 is 0 Å². The standard InChI is InChI=1S/C12H17N3O2/c16-11(10-6-13-9-14-7-10)15-8-12(17)4-2-1-3-5-12/h6-7,9,17H,1-5,8H2,(H,15,16). The molecule has 1 saturated carbocycles. The highest BCUT2D eigenvalue weighted by Gasteiger charge is 2.29. The number of nitrogens with zero attached hydrogens (tertiary/aromatic N) is 2. The van der Waals surface area contributed by atoms with Gasteiger partial charge in [0, 0.05) is 18.9 Å². The van der Waals surface area contributed by atoms with Crippen molar-refractivity contribution in [1.82, 2.24) is 15.3 Å². The smallest absolute Gasteiger partial charge is 0.254 e. The quantitative estimate of drug-likeness (QED) is 0.816. The molecule has 0 atom stereocenters. The molecule has 1 aliphatic rings. The van der Waals surface area contributed by atoms with Crippen LogP contribution in [0.25, 0.3) is 0 Å². The molecule has 17 heavy (non-hydrogen) atoms. The van der Waals surface area contributed by atoms with E-state index >= 15 is 0 Å². The predicted molar refractivity (Wildman–Crippen MR) is 62.4 cm³/mol. The van der Waals surface area contributed by atoms with Crippen LogP contribution in [0.3, 0.4) is 0 Å². The van der Waals surface area contributed by atoms with Gasteiger partial charge in [-0.15, -0.1) is 0 Å². The Bertz CT molecular complexity index is 375. The summed E-state index contributed by atoms with van der Waals surface area (Å²) in [6.07, 6.45) is 9.06. The van der Waals surface area contributed by atoms with Gasteiger partial charge >= 0.3 is 0 Å². The second kappa shape index (κ2) is 5.23. The van der Waals surface area contributed by atoms with Crippen molar-refractivity contribution < 1.29 is 9.90 Å².